The molecule has 2 aromatic rings. The van der Waals surface area contributed by atoms with Crippen LogP contribution in [0.2, 0.25) is 5.02 Å². The van der Waals surface area contributed by atoms with E-state index in [2.05, 4.69) is 10.1 Å². The molecular formula is C20H21ClN2O5S. The minimum absolute atomic E-state index is 0.0656. The van der Waals surface area contributed by atoms with E-state index in [1.165, 1.54) is 29.6 Å². The van der Waals surface area contributed by atoms with Crippen molar-refractivity contribution in [2.45, 2.75) is 17.7 Å². The second kappa shape index (κ2) is 8.94. The molecule has 0 bridgehead atoms. The summed E-state index contributed by atoms with van der Waals surface area (Å²) in [7, 11) is -2.68. The summed E-state index contributed by atoms with van der Waals surface area (Å²) < 4.78 is 32.0. The van der Waals surface area contributed by atoms with E-state index in [1.807, 2.05) is 18.2 Å². The number of ether oxygens (including phenoxy) is 1. The number of amides is 1. The van der Waals surface area contributed by atoms with Gasteiger partial charge in [0.25, 0.3) is 0 Å². The van der Waals surface area contributed by atoms with E-state index in [0.717, 1.165) is 0 Å². The Morgan fingerprint density at radius 3 is 2.55 bits per heavy atom. The zero-order valence-electron chi connectivity index (χ0n) is 15.8. The number of benzene rings is 2. The number of halogens is 1. The molecule has 1 amide bonds. The third-order valence-corrected chi connectivity index (χ3v) is 7.12. The van der Waals surface area contributed by atoms with E-state index >= 15 is 0 Å². The van der Waals surface area contributed by atoms with Gasteiger partial charge >= 0.3 is 5.97 Å². The van der Waals surface area contributed by atoms with Crippen LogP contribution in [0.15, 0.2) is 53.4 Å². The molecule has 29 heavy (non-hydrogen) atoms. The SMILES string of the molecule is COC(=O)c1ccc(S(=O)(=O)N2CCCC(C(=O)Nc3ccccc3)C2)c(Cl)c1. The van der Waals surface area contributed by atoms with Gasteiger partial charge < -0.3 is 10.1 Å². The molecule has 2 aromatic carbocycles. The third-order valence-electron chi connectivity index (χ3n) is 4.77. The number of rotatable bonds is 5. The highest BCUT2D eigenvalue weighted by Gasteiger charge is 2.34. The number of sulfonamides is 1. The first-order valence-corrected chi connectivity index (χ1v) is 10.9. The van der Waals surface area contributed by atoms with E-state index < -0.39 is 21.9 Å². The van der Waals surface area contributed by atoms with Crippen molar-refractivity contribution >= 4 is 39.2 Å². The van der Waals surface area contributed by atoms with Gasteiger partial charge in [-0.05, 0) is 43.2 Å². The first kappa shape index (κ1) is 21.3. The van der Waals surface area contributed by atoms with Gasteiger partial charge in [0.05, 0.1) is 23.6 Å². The van der Waals surface area contributed by atoms with Crippen LogP contribution < -0.4 is 5.32 Å². The molecule has 7 nitrogen and oxygen atoms in total. The first-order chi connectivity index (χ1) is 13.8. The summed E-state index contributed by atoms with van der Waals surface area (Å²) in [6.07, 6.45) is 1.16. The van der Waals surface area contributed by atoms with Crippen molar-refractivity contribution in [1.29, 1.82) is 0 Å². The van der Waals surface area contributed by atoms with Crippen LogP contribution in [-0.4, -0.2) is 44.8 Å². The Bertz CT molecular complexity index is 1010. The minimum Gasteiger partial charge on any atom is -0.465 e. The monoisotopic (exact) mass is 436 g/mol. The van der Waals surface area contributed by atoms with Crippen LogP contribution in [0.5, 0.6) is 0 Å². The highest BCUT2D eigenvalue weighted by Crippen LogP contribution is 2.29. The second-order valence-electron chi connectivity index (χ2n) is 6.69. The quantitative estimate of drug-likeness (QED) is 0.726. The third kappa shape index (κ3) is 4.77. The first-order valence-electron chi connectivity index (χ1n) is 9.07. The predicted molar refractivity (Wildman–Crippen MR) is 109 cm³/mol. The van der Waals surface area contributed by atoms with Crippen LogP contribution in [0, 0.1) is 5.92 Å². The summed E-state index contributed by atoms with van der Waals surface area (Å²) in [4.78, 5) is 24.1. The molecule has 0 spiro atoms. The number of hydrogen-bond donors (Lipinski definition) is 1. The van der Waals surface area contributed by atoms with E-state index in [-0.39, 0.29) is 27.9 Å². The van der Waals surface area contributed by atoms with Crippen molar-refractivity contribution in [3.63, 3.8) is 0 Å². The van der Waals surface area contributed by atoms with Crippen molar-refractivity contribution in [3.8, 4) is 0 Å². The van der Waals surface area contributed by atoms with E-state index in [1.54, 1.807) is 12.1 Å². The van der Waals surface area contributed by atoms with Crippen LogP contribution in [0.3, 0.4) is 0 Å². The number of carbonyl (C=O) groups excluding carboxylic acids is 2. The normalized spacial score (nSPS) is 17.5. The fraction of sp³-hybridized carbons (Fsp3) is 0.300. The summed E-state index contributed by atoms with van der Waals surface area (Å²) in [6, 6.07) is 12.9. The van der Waals surface area contributed by atoms with Gasteiger partial charge in [0.1, 0.15) is 4.90 Å². The molecule has 0 radical (unpaired) electrons. The number of anilines is 1. The van der Waals surface area contributed by atoms with Crippen LogP contribution in [0.4, 0.5) is 5.69 Å². The number of piperidine rings is 1. The molecule has 0 aromatic heterocycles. The lowest BCUT2D eigenvalue weighted by Crippen LogP contribution is -2.43. The summed E-state index contributed by atoms with van der Waals surface area (Å²) in [5.41, 5.74) is 0.828. The largest absolute Gasteiger partial charge is 0.465 e. The van der Waals surface area contributed by atoms with Crippen LogP contribution in [0.1, 0.15) is 23.2 Å². The molecule has 9 heteroatoms. The van der Waals surface area contributed by atoms with Gasteiger partial charge in [0, 0.05) is 18.8 Å². The number of nitrogens with one attached hydrogen (secondary N) is 1. The number of carbonyl (C=O) groups is 2. The van der Waals surface area contributed by atoms with Gasteiger partial charge in [-0.2, -0.15) is 4.31 Å². The maximum Gasteiger partial charge on any atom is 0.337 e. The molecule has 0 saturated carbocycles. The van der Waals surface area contributed by atoms with E-state index in [0.29, 0.717) is 25.1 Å². The zero-order chi connectivity index (χ0) is 21.0. The lowest BCUT2D eigenvalue weighted by molar-refractivity contribution is -0.120. The van der Waals surface area contributed by atoms with Gasteiger partial charge in [-0.15, -0.1) is 0 Å². The van der Waals surface area contributed by atoms with Crippen LogP contribution in [0.25, 0.3) is 0 Å². The zero-order valence-corrected chi connectivity index (χ0v) is 17.4. The molecule has 1 aliphatic heterocycles. The molecule has 1 unspecified atom stereocenters. The van der Waals surface area contributed by atoms with Gasteiger partial charge in [-0.25, -0.2) is 13.2 Å². The summed E-state index contributed by atoms with van der Waals surface area (Å²) >= 11 is 6.15. The molecule has 1 N–H and O–H groups in total. The standard InChI is InChI=1S/C20H21ClN2O5S/c1-28-20(25)14-9-10-18(17(21)12-14)29(26,27)23-11-5-6-15(13-23)19(24)22-16-7-3-2-4-8-16/h2-4,7-10,12,15H,5-6,11,13H2,1H3,(H,22,24). The number of nitrogens with zero attached hydrogens (tertiary/aromatic N) is 1. The molecule has 1 fully saturated rings. The fourth-order valence-corrected chi connectivity index (χ4v) is 5.28. The fourth-order valence-electron chi connectivity index (χ4n) is 3.23. The topological polar surface area (TPSA) is 92.8 Å². The summed E-state index contributed by atoms with van der Waals surface area (Å²) in [5, 5.41) is 2.76. The molecule has 0 aliphatic carbocycles. The molecule has 1 heterocycles. The Kier molecular flexibility index (Phi) is 6.56. The lowest BCUT2D eigenvalue weighted by Gasteiger charge is -2.31. The Morgan fingerprint density at radius 2 is 1.90 bits per heavy atom. The average molecular weight is 437 g/mol. The molecule has 1 saturated heterocycles. The number of hydrogen-bond acceptors (Lipinski definition) is 5. The van der Waals surface area contributed by atoms with E-state index in [4.69, 9.17) is 11.6 Å². The highest BCUT2D eigenvalue weighted by molar-refractivity contribution is 7.89. The van der Waals surface area contributed by atoms with Gasteiger partial charge in [-0.3, -0.25) is 4.79 Å². The van der Waals surface area contributed by atoms with Gasteiger partial charge in [0.2, 0.25) is 15.9 Å². The van der Waals surface area contributed by atoms with Crippen molar-refractivity contribution in [2.24, 2.45) is 5.92 Å². The molecule has 1 atom stereocenters. The van der Waals surface area contributed by atoms with Crippen molar-refractivity contribution < 1.29 is 22.7 Å². The van der Waals surface area contributed by atoms with Gasteiger partial charge in [0.15, 0.2) is 0 Å². The Labute approximate surface area is 174 Å². The highest BCUT2D eigenvalue weighted by atomic mass is 35.5. The number of methoxy groups -OCH3 is 1. The Balaban J connectivity index is 1.77. The van der Waals surface area contributed by atoms with Gasteiger partial charge in [-0.1, -0.05) is 29.8 Å². The minimum atomic E-state index is -3.91. The smallest absolute Gasteiger partial charge is 0.337 e. The van der Waals surface area contributed by atoms with E-state index in [9.17, 15) is 18.0 Å². The lowest BCUT2D eigenvalue weighted by atomic mass is 9.99. The predicted octanol–water partition coefficient (Wildman–Crippen LogP) is 3.17. The van der Waals surface area contributed by atoms with Crippen molar-refractivity contribution in [1.82, 2.24) is 4.31 Å². The summed E-state index contributed by atoms with van der Waals surface area (Å²) in [6.45, 7) is 0.364. The Hall–Kier alpha value is -2.42. The number of para-hydroxylation sites is 1. The summed E-state index contributed by atoms with van der Waals surface area (Å²) in [5.74, 6) is -1.29. The molecule has 3 rings (SSSR count). The number of esters is 1. The van der Waals surface area contributed by atoms with Crippen LogP contribution in [-0.2, 0) is 19.6 Å². The molecule has 154 valence electrons. The molecule has 1 aliphatic rings. The maximum absolute atomic E-state index is 13.1. The van der Waals surface area contributed by atoms with Crippen molar-refractivity contribution in [3.05, 3.63) is 59.1 Å². The van der Waals surface area contributed by atoms with Crippen molar-refractivity contribution in [2.75, 3.05) is 25.5 Å². The molecular weight excluding hydrogens is 416 g/mol. The second-order valence-corrected chi connectivity index (χ2v) is 9.01. The Morgan fingerprint density at radius 1 is 1.17 bits per heavy atom. The maximum atomic E-state index is 13.1. The van der Waals surface area contributed by atoms with Crippen LogP contribution >= 0.6 is 11.6 Å². The average Bonchev–Trinajstić information content (AvgIpc) is 2.73.